The van der Waals surface area contributed by atoms with Crippen LogP contribution in [0.1, 0.15) is 46.5 Å². The summed E-state index contributed by atoms with van der Waals surface area (Å²) in [6, 6.07) is 0. The summed E-state index contributed by atoms with van der Waals surface area (Å²) in [5.41, 5.74) is 5.46. The third-order valence-electron chi connectivity index (χ3n) is 2.72. The monoisotopic (exact) mass is 157 g/mol. The molecular formula is C10H23N. The predicted octanol–water partition coefficient (Wildman–Crippen LogP) is 2.80. The molecule has 0 aromatic carbocycles. The lowest BCUT2D eigenvalue weighted by Gasteiger charge is -2.20. The fraction of sp³-hybridized carbons (Fsp3) is 1.00. The van der Waals surface area contributed by atoms with Crippen LogP contribution in [0.2, 0.25) is 0 Å². The standard InChI is InChI=1S/C10H23N/c1-4-10(5-2)9(3)7-6-8-11/h9-10H,4-8,11H2,1-3H3. The zero-order valence-corrected chi connectivity index (χ0v) is 8.27. The third-order valence-corrected chi connectivity index (χ3v) is 2.72. The van der Waals surface area contributed by atoms with Gasteiger partial charge in [0.05, 0.1) is 0 Å². The molecule has 0 amide bonds. The number of hydrogen-bond acceptors (Lipinski definition) is 1. The van der Waals surface area contributed by atoms with E-state index in [1.807, 2.05) is 0 Å². The van der Waals surface area contributed by atoms with Crippen molar-refractivity contribution in [2.75, 3.05) is 6.54 Å². The lowest BCUT2D eigenvalue weighted by molar-refractivity contribution is 0.314. The van der Waals surface area contributed by atoms with Crippen LogP contribution in [0.15, 0.2) is 0 Å². The molecule has 0 spiro atoms. The zero-order chi connectivity index (χ0) is 8.69. The fourth-order valence-corrected chi connectivity index (χ4v) is 1.77. The highest BCUT2D eigenvalue weighted by atomic mass is 14.5. The van der Waals surface area contributed by atoms with Gasteiger partial charge in [-0.3, -0.25) is 0 Å². The van der Waals surface area contributed by atoms with E-state index in [0.29, 0.717) is 0 Å². The average Bonchev–Trinajstić information content (AvgIpc) is 2.03. The zero-order valence-electron chi connectivity index (χ0n) is 8.27. The van der Waals surface area contributed by atoms with E-state index < -0.39 is 0 Å². The molecule has 0 heterocycles. The van der Waals surface area contributed by atoms with Gasteiger partial charge in [0, 0.05) is 0 Å². The maximum Gasteiger partial charge on any atom is -0.00772 e. The van der Waals surface area contributed by atoms with Gasteiger partial charge in [-0.1, -0.05) is 33.6 Å². The van der Waals surface area contributed by atoms with Gasteiger partial charge in [0.25, 0.3) is 0 Å². The molecule has 0 saturated carbocycles. The molecular weight excluding hydrogens is 134 g/mol. The van der Waals surface area contributed by atoms with Crippen LogP contribution in [0.3, 0.4) is 0 Å². The molecule has 0 aliphatic heterocycles. The van der Waals surface area contributed by atoms with Crippen molar-refractivity contribution in [2.24, 2.45) is 17.6 Å². The highest BCUT2D eigenvalue weighted by molar-refractivity contribution is 4.63. The summed E-state index contributed by atoms with van der Waals surface area (Å²) in [6.07, 6.45) is 5.14. The molecule has 11 heavy (non-hydrogen) atoms. The van der Waals surface area contributed by atoms with E-state index in [9.17, 15) is 0 Å². The summed E-state index contributed by atoms with van der Waals surface area (Å²) >= 11 is 0. The van der Waals surface area contributed by atoms with Crippen LogP contribution >= 0.6 is 0 Å². The molecule has 0 fully saturated rings. The van der Waals surface area contributed by atoms with Gasteiger partial charge in [0.1, 0.15) is 0 Å². The van der Waals surface area contributed by atoms with Gasteiger partial charge in [0.15, 0.2) is 0 Å². The topological polar surface area (TPSA) is 26.0 Å². The van der Waals surface area contributed by atoms with Crippen LogP contribution in [0.25, 0.3) is 0 Å². The van der Waals surface area contributed by atoms with Crippen molar-refractivity contribution in [1.82, 2.24) is 0 Å². The van der Waals surface area contributed by atoms with Gasteiger partial charge < -0.3 is 5.73 Å². The van der Waals surface area contributed by atoms with Crippen molar-refractivity contribution in [3.63, 3.8) is 0 Å². The molecule has 1 unspecified atom stereocenters. The predicted molar refractivity (Wildman–Crippen MR) is 51.5 cm³/mol. The minimum atomic E-state index is 0.852. The Kier molecular flexibility index (Phi) is 6.63. The average molecular weight is 157 g/mol. The first-order chi connectivity index (χ1) is 5.26. The lowest BCUT2D eigenvalue weighted by Crippen LogP contribution is -2.11. The Hall–Kier alpha value is -0.0400. The van der Waals surface area contributed by atoms with Gasteiger partial charge in [0.2, 0.25) is 0 Å². The quantitative estimate of drug-likeness (QED) is 0.630. The Morgan fingerprint density at radius 3 is 2.09 bits per heavy atom. The van der Waals surface area contributed by atoms with Crippen molar-refractivity contribution in [2.45, 2.75) is 46.5 Å². The van der Waals surface area contributed by atoms with Crippen LogP contribution in [0, 0.1) is 11.8 Å². The molecule has 0 saturated heterocycles. The van der Waals surface area contributed by atoms with Gasteiger partial charge in [-0.25, -0.2) is 0 Å². The van der Waals surface area contributed by atoms with Crippen molar-refractivity contribution in [3.05, 3.63) is 0 Å². The van der Waals surface area contributed by atoms with Crippen LogP contribution in [-0.4, -0.2) is 6.54 Å². The maximum absolute atomic E-state index is 5.46. The SMILES string of the molecule is CCC(CC)C(C)CCCN. The minimum absolute atomic E-state index is 0.852. The van der Waals surface area contributed by atoms with E-state index in [1.54, 1.807) is 0 Å². The van der Waals surface area contributed by atoms with E-state index in [0.717, 1.165) is 18.4 Å². The van der Waals surface area contributed by atoms with Gasteiger partial charge in [-0.15, -0.1) is 0 Å². The summed E-state index contributed by atoms with van der Waals surface area (Å²) < 4.78 is 0. The molecule has 0 radical (unpaired) electrons. The molecule has 0 aromatic rings. The first-order valence-corrected chi connectivity index (χ1v) is 4.96. The minimum Gasteiger partial charge on any atom is -0.330 e. The Balaban J connectivity index is 3.51. The number of hydrogen-bond donors (Lipinski definition) is 1. The van der Waals surface area contributed by atoms with E-state index >= 15 is 0 Å². The maximum atomic E-state index is 5.46. The molecule has 0 aliphatic rings. The summed E-state index contributed by atoms with van der Waals surface area (Å²) in [7, 11) is 0. The molecule has 0 rings (SSSR count). The summed E-state index contributed by atoms with van der Waals surface area (Å²) in [6.45, 7) is 7.78. The normalized spacial score (nSPS) is 13.9. The van der Waals surface area contributed by atoms with Crippen LogP contribution < -0.4 is 5.73 Å². The van der Waals surface area contributed by atoms with E-state index in [2.05, 4.69) is 20.8 Å². The Bertz CT molecular complexity index is 76.9. The molecule has 2 N–H and O–H groups in total. The van der Waals surface area contributed by atoms with Crippen molar-refractivity contribution < 1.29 is 0 Å². The van der Waals surface area contributed by atoms with Crippen LogP contribution in [0.5, 0.6) is 0 Å². The van der Waals surface area contributed by atoms with Crippen molar-refractivity contribution in [1.29, 1.82) is 0 Å². The molecule has 0 aliphatic carbocycles. The van der Waals surface area contributed by atoms with Crippen LogP contribution in [-0.2, 0) is 0 Å². The molecule has 0 bridgehead atoms. The van der Waals surface area contributed by atoms with Crippen LogP contribution in [0.4, 0.5) is 0 Å². The van der Waals surface area contributed by atoms with Gasteiger partial charge >= 0.3 is 0 Å². The molecule has 68 valence electrons. The third kappa shape index (κ3) is 4.41. The van der Waals surface area contributed by atoms with E-state index in [1.165, 1.54) is 25.7 Å². The van der Waals surface area contributed by atoms with Gasteiger partial charge in [-0.05, 0) is 31.2 Å². The smallest absolute Gasteiger partial charge is 0.00772 e. The Labute approximate surface area is 71.4 Å². The summed E-state index contributed by atoms with van der Waals surface area (Å²) in [4.78, 5) is 0. The molecule has 1 heteroatoms. The second-order valence-corrected chi connectivity index (χ2v) is 3.48. The summed E-state index contributed by atoms with van der Waals surface area (Å²) in [5.74, 6) is 1.79. The van der Waals surface area contributed by atoms with E-state index in [4.69, 9.17) is 5.73 Å². The summed E-state index contributed by atoms with van der Waals surface area (Å²) in [5, 5.41) is 0. The highest BCUT2D eigenvalue weighted by Crippen LogP contribution is 2.22. The molecule has 1 nitrogen and oxygen atoms in total. The van der Waals surface area contributed by atoms with Crippen molar-refractivity contribution in [3.8, 4) is 0 Å². The van der Waals surface area contributed by atoms with Crippen molar-refractivity contribution >= 4 is 0 Å². The Morgan fingerprint density at radius 2 is 1.73 bits per heavy atom. The fourth-order valence-electron chi connectivity index (χ4n) is 1.77. The molecule has 1 atom stereocenters. The Morgan fingerprint density at radius 1 is 1.18 bits per heavy atom. The first kappa shape index (κ1) is 11.0. The number of rotatable bonds is 6. The second-order valence-electron chi connectivity index (χ2n) is 3.48. The largest absolute Gasteiger partial charge is 0.330 e. The van der Waals surface area contributed by atoms with E-state index in [-0.39, 0.29) is 0 Å². The highest BCUT2D eigenvalue weighted by Gasteiger charge is 2.11. The first-order valence-electron chi connectivity index (χ1n) is 4.96. The second kappa shape index (κ2) is 6.66. The lowest BCUT2D eigenvalue weighted by atomic mass is 9.86. The molecule has 0 aromatic heterocycles. The number of nitrogens with two attached hydrogens (primary N) is 1. The van der Waals surface area contributed by atoms with Gasteiger partial charge in [-0.2, -0.15) is 0 Å².